The number of nitrogens with one attached hydrogen (secondary N) is 1. The summed E-state index contributed by atoms with van der Waals surface area (Å²) in [4.78, 5) is 8.50. The van der Waals surface area contributed by atoms with Crippen LogP contribution in [0.3, 0.4) is 0 Å². The van der Waals surface area contributed by atoms with E-state index in [4.69, 9.17) is 4.42 Å². The van der Waals surface area contributed by atoms with E-state index in [-0.39, 0.29) is 0 Å². The molecule has 0 aliphatic carbocycles. The van der Waals surface area contributed by atoms with E-state index >= 15 is 0 Å². The monoisotopic (exact) mass is 249 g/mol. The molecule has 2 aromatic rings. The first kappa shape index (κ1) is 12.0. The van der Waals surface area contributed by atoms with Gasteiger partial charge in [0, 0.05) is 13.0 Å². The van der Waals surface area contributed by atoms with Gasteiger partial charge in [-0.05, 0) is 25.3 Å². The fraction of sp³-hybridized carbons (Fsp3) is 0.333. The molecule has 90 valence electrons. The number of thioether (sulfide) groups is 1. The number of furan rings is 1. The standard InChI is InChI=1S/C12H15N3OS/c1-9-3-4-10(16-9)5-6-14-11-7-13-8-12(15-11)17-2/h3-4,7-8H,5-6H2,1-2H3,(H,14,15). The van der Waals surface area contributed by atoms with E-state index in [1.165, 1.54) is 0 Å². The average Bonchev–Trinajstić information content (AvgIpc) is 2.75. The summed E-state index contributed by atoms with van der Waals surface area (Å²) >= 11 is 1.58. The van der Waals surface area contributed by atoms with Crippen molar-refractivity contribution in [2.45, 2.75) is 18.4 Å². The Morgan fingerprint density at radius 2 is 2.24 bits per heavy atom. The minimum atomic E-state index is 0.791. The smallest absolute Gasteiger partial charge is 0.145 e. The Morgan fingerprint density at radius 3 is 2.94 bits per heavy atom. The van der Waals surface area contributed by atoms with Gasteiger partial charge in [-0.3, -0.25) is 4.98 Å². The summed E-state index contributed by atoms with van der Waals surface area (Å²) < 4.78 is 5.49. The molecule has 1 N–H and O–H groups in total. The first-order valence-corrected chi connectivity index (χ1v) is 6.65. The third-order valence-electron chi connectivity index (χ3n) is 2.30. The van der Waals surface area contributed by atoms with Crippen molar-refractivity contribution in [1.82, 2.24) is 9.97 Å². The molecule has 5 heteroatoms. The maximum absolute atomic E-state index is 5.49. The summed E-state index contributed by atoms with van der Waals surface area (Å²) in [6, 6.07) is 3.98. The second kappa shape index (κ2) is 5.72. The Hall–Kier alpha value is -1.49. The third-order valence-corrected chi connectivity index (χ3v) is 2.91. The van der Waals surface area contributed by atoms with Crippen LogP contribution in [-0.4, -0.2) is 22.8 Å². The highest BCUT2D eigenvalue weighted by atomic mass is 32.2. The van der Waals surface area contributed by atoms with Crippen molar-refractivity contribution in [2.75, 3.05) is 18.1 Å². The molecule has 2 aromatic heterocycles. The van der Waals surface area contributed by atoms with Crippen molar-refractivity contribution in [1.29, 1.82) is 0 Å². The first-order chi connectivity index (χ1) is 8.28. The number of anilines is 1. The summed E-state index contributed by atoms with van der Waals surface area (Å²) in [5, 5.41) is 4.15. The Morgan fingerprint density at radius 1 is 1.35 bits per heavy atom. The lowest BCUT2D eigenvalue weighted by Crippen LogP contribution is -2.06. The molecule has 4 nitrogen and oxygen atoms in total. The van der Waals surface area contributed by atoms with E-state index in [1.807, 2.05) is 25.3 Å². The van der Waals surface area contributed by atoms with Crippen molar-refractivity contribution in [3.8, 4) is 0 Å². The number of hydrogen-bond donors (Lipinski definition) is 1. The highest BCUT2D eigenvalue weighted by Gasteiger charge is 2.00. The fourth-order valence-electron chi connectivity index (χ4n) is 1.46. The Kier molecular flexibility index (Phi) is 4.03. The van der Waals surface area contributed by atoms with Crippen LogP contribution in [0.4, 0.5) is 5.82 Å². The van der Waals surface area contributed by atoms with Crippen LogP contribution in [-0.2, 0) is 6.42 Å². The lowest BCUT2D eigenvalue weighted by Gasteiger charge is -2.04. The van der Waals surface area contributed by atoms with Crippen molar-refractivity contribution < 1.29 is 4.42 Å². The van der Waals surface area contributed by atoms with Crippen molar-refractivity contribution in [3.63, 3.8) is 0 Å². The molecule has 0 bridgehead atoms. The minimum Gasteiger partial charge on any atom is -0.466 e. The predicted octanol–water partition coefficient (Wildman–Crippen LogP) is 2.75. The molecule has 0 unspecified atom stereocenters. The molecule has 0 aromatic carbocycles. The Bertz CT molecular complexity index is 484. The van der Waals surface area contributed by atoms with Crippen LogP contribution in [0.5, 0.6) is 0 Å². The summed E-state index contributed by atoms with van der Waals surface area (Å²) in [6.45, 7) is 2.74. The topological polar surface area (TPSA) is 51.0 Å². The SMILES string of the molecule is CSc1cncc(NCCc2ccc(C)o2)n1. The molecule has 2 rings (SSSR count). The molecule has 0 radical (unpaired) electrons. The van der Waals surface area contributed by atoms with Gasteiger partial charge in [0.1, 0.15) is 22.4 Å². The van der Waals surface area contributed by atoms with Crippen LogP contribution in [0.2, 0.25) is 0 Å². The van der Waals surface area contributed by atoms with Gasteiger partial charge in [0.15, 0.2) is 0 Å². The average molecular weight is 249 g/mol. The normalized spacial score (nSPS) is 10.5. The number of nitrogens with zero attached hydrogens (tertiary/aromatic N) is 2. The van der Waals surface area contributed by atoms with Gasteiger partial charge in [-0.1, -0.05) is 0 Å². The Balaban J connectivity index is 1.85. The maximum Gasteiger partial charge on any atom is 0.145 e. The summed E-state index contributed by atoms with van der Waals surface area (Å²) in [6.07, 6.45) is 6.32. The van der Waals surface area contributed by atoms with Crippen LogP contribution in [0, 0.1) is 6.92 Å². The fourth-order valence-corrected chi connectivity index (χ4v) is 1.82. The lowest BCUT2D eigenvalue weighted by molar-refractivity contribution is 0.486. The van der Waals surface area contributed by atoms with E-state index in [1.54, 1.807) is 24.2 Å². The molecular formula is C12H15N3OS. The van der Waals surface area contributed by atoms with E-state index in [0.717, 1.165) is 35.3 Å². The number of rotatable bonds is 5. The van der Waals surface area contributed by atoms with Gasteiger partial charge < -0.3 is 9.73 Å². The van der Waals surface area contributed by atoms with Crippen LogP contribution in [0.25, 0.3) is 0 Å². The minimum absolute atomic E-state index is 0.791. The van der Waals surface area contributed by atoms with Gasteiger partial charge in [-0.15, -0.1) is 11.8 Å². The van der Waals surface area contributed by atoms with Gasteiger partial charge in [0.2, 0.25) is 0 Å². The summed E-state index contributed by atoms with van der Waals surface area (Å²) in [5.41, 5.74) is 0. The zero-order chi connectivity index (χ0) is 12.1. The third kappa shape index (κ3) is 3.49. The van der Waals surface area contributed by atoms with Crippen molar-refractivity contribution >= 4 is 17.6 Å². The molecular weight excluding hydrogens is 234 g/mol. The largest absolute Gasteiger partial charge is 0.466 e. The molecule has 0 atom stereocenters. The zero-order valence-electron chi connectivity index (χ0n) is 9.93. The van der Waals surface area contributed by atoms with Crippen LogP contribution in [0.1, 0.15) is 11.5 Å². The molecule has 0 saturated carbocycles. The first-order valence-electron chi connectivity index (χ1n) is 5.43. The molecule has 2 heterocycles. The van der Waals surface area contributed by atoms with Gasteiger partial charge in [-0.25, -0.2) is 4.98 Å². The van der Waals surface area contributed by atoms with Crippen LogP contribution in [0.15, 0.2) is 34.0 Å². The second-order valence-corrected chi connectivity index (χ2v) is 4.46. The maximum atomic E-state index is 5.49. The molecule has 0 spiro atoms. The van der Waals surface area contributed by atoms with Gasteiger partial charge >= 0.3 is 0 Å². The molecule has 0 fully saturated rings. The predicted molar refractivity (Wildman–Crippen MR) is 69.5 cm³/mol. The zero-order valence-corrected chi connectivity index (χ0v) is 10.8. The second-order valence-electron chi connectivity index (χ2n) is 3.64. The highest BCUT2D eigenvalue weighted by Crippen LogP contribution is 2.12. The molecule has 0 aliphatic heterocycles. The molecule has 0 aliphatic rings. The van der Waals surface area contributed by atoms with Crippen molar-refractivity contribution in [2.24, 2.45) is 0 Å². The van der Waals surface area contributed by atoms with Crippen LogP contribution < -0.4 is 5.32 Å². The Labute approximate surface area is 105 Å². The highest BCUT2D eigenvalue weighted by molar-refractivity contribution is 7.98. The summed E-state index contributed by atoms with van der Waals surface area (Å²) in [5.74, 6) is 2.74. The van der Waals surface area contributed by atoms with Gasteiger partial charge in [0.25, 0.3) is 0 Å². The quantitative estimate of drug-likeness (QED) is 0.826. The summed E-state index contributed by atoms with van der Waals surface area (Å²) in [7, 11) is 0. The molecule has 17 heavy (non-hydrogen) atoms. The van der Waals surface area contributed by atoms with E-state index in [2.05, 4.69) is 15.3 Å². The van der Waals surface area contributed by atoms with Crippen LogP contribution >= 0.6 is 11.8 Å². The number of aryl methyl sites for hydroxylation is 1. The van der Waals surface area contributed by atoms with Gasteiger partial charge in [-0.2, -0.15) is 0 Å². The number of aromatic nitrogens is 2. The van der Waals surface area contributed by atoms with Gasteiger partial charge in [0.05, 0.1) is 12.4 Å². The number of hydrogen-bond acceptors (Lipinski definition) is 5. The van der Waals surface area contributed by atoms with E-state index < -0.39 is 0 Å². The van der Waals surface area contributed by atoms with E-state index in [9.17, 15) is 0 Å². The molecule has 0 amide bonds. The lowest BCUT2D eigenvalue weighted by atomic mass is 10.3. The molecule has 0 saturated heterocycles. The van der Waals surface area contributed by atoms with Crippen molar-refractivity contribution in [3.05, 3.63) is 36.0 Å². The van der Waals surface area contributed by atoms with E-state index in [0.29, 0.717) is 0 Å².